The average Bonchev–Trinajstić information content (AvgIpc) is 3.71. The van der Waals surface area contributed by atoms with Gasteiger partial charge in [-0.15, -0.1) is 35.2 Å². The van der Waals surface area contributed by atoms with Gasteiger partial charge in [0.05, 0.1) is 6.67 Å². The van der Waals surface area contributed by atoms with E-state index in [1.807, 2.05) is 47.2 Å². The number of aryl methyl sites for hydroxylation is 2. The van der Waals surface area contributed by atoms with Gasteiger partial charge in [0.1, 0.15) is 11.5 Å². The minimum atomic E-state index is -4.08. The van der Waals surface area contributed by atoms with Gasteiger partial charge < -0.3 is 9.05 Å². The number of hydrogen-bond donors (Lipinski definition) is 0. The fourth-order valence-electron chi connectivity index (χ4n) is 8.33. The number of sulfone groups is 1. The third-order valence-electron chi connectivity index (χ3n) is 11.6. The SMILES string of the molecule is Cc1cc2c(cc1C)[N@+]1(c3[c-]c(S(=O)(=O)c4[c-]c5c(cc4)c4ccccc4n5-c4cc(C(C)(C)C)ccn4)cc(C(C)(C)C)c3)[CH-][N@@+]2(c2ccccc2)C1.[Pt]. The molecule has 55 heavy (non-hydrogen) atoms. The number of fused-ring (bicyclic) bond motifs is 3. The van der Waals surface area contributed by atoms with Crippen LogP contribution in [0.15, 0.2) is 119 Å². The maximum Gasteiger partial charge on any atom is 0.184 e. The van der Waals surface area contributed by atoms with E-state index in [1.165, 1.54) is 22.5 Å². The smallest absolute Gasteiger partial charge is 0.184 e. The zero-order valence-electron chi connectivity index (χ0n) is 32.5. The summed E-state index contributed by atoms with van der Waals surface area (Å²) in [5.74, 6) is 0.727. The molecule has 5 aromatic carbocycles. The summed E-state index contributed by atoms with van der Waals surface area (Å²) in [6, 6.07) is 41.9. The number of rotatable bonds is 5. The molecule has 1 fully saturated rings. The number of nitrogens with zero attached hydrogens (tertiary/aromatic N) is 4. The Morgan fingerprint density at radius 2 is 1.33 bits per heavy atom. The van der Waals surface area contributed by atoms with Crippen molar-refractivity contribution in [3.8, 4) is 5.82 Å². The predicted octanol–water partition coefficient (Wildman–Crippen LogP) is 11.2. The zero-order valence-corrected chi connectivity index (χ0v) is 35.6. The molecule has 0 unspecified atom stereocenters. The summed E-state index contributed by atoms with van der Waals surface area (Å²) in [5.41, 5.74) is 10.1. The molecule has 7 aromatic rings. The molecule has 8 heteroatoms. The van der Waals surface area contributed by atoms with Crippen LogP contribution in [0.4, 0.5) is 22.7 Å². The first-order valence-electron chi connectivity index (χ1n) is 18.6. The van der Waals surface area contributed by atoms with Crippen LogP contribution in [0.25, 0.3) is 27.6 Å². The second-order valence-corrected chi connectivity index (χ2v) is 19.1. The van der Waals surface area contributed by atoms with E-state index in [9.17, 15) is 0 Å². The third-order valence-corrected chi connectivity index (χ3v) is 13.2. The van der Waals surface area contributed by atoms with Crippen molar-refractivity contribution in [1.82, 2.24) is 18.5 Å². The Labute approximate surface area is 339 Å². The van der Waals surface area contributed by atoms with Crippen molar-refractivity contribution in [2.75, 3.05) is 6.67 Å². The van der Waals surface area contributed by atoms with Gasteiger partial charge in [0.15, 0.2) is 27.9 Å². The van der Waals surface area contributed by atoms with E-state index >= 15 is 8.42 Å². The van der Waals surface area contributed by atoms with Crippen molar-refractivity contribution in [2.45, 2.75) is 76.0 Å². The molecule has 2 aromatic heterocycles. The molecule has 2 bridgehead atoms. The first-order valence-corrected chi connectivity index (χ1v) is 20.1. The minimum Gasteiger partial charge on any atom is -0.319 e. The van der Waals surface area contributed by atoms with Gasteiger partial charge in [0.2, 0.25) is 0 Å². The van der Waals surface area contributed by atoms with Gasteiger partial charge >= 0.3 is 0 Å². The molecule has 282 valence electrons. The van der Waals surface area contributed by atoms with E-state index < -0.39 is 9.84 Å². The maximum absolute atomic E-state index is 15.0. The van der Waals surface area contributed by atoms with Crippen LogP contribution in [-0.2, 0) is 41.7 Å². The number of benzene rings is 5. The normalized spacial score (nSPS) is 19.3. The van der Waals surface area contributed by atoms with Crippen molar-refractivity contribution in [3.63, 3.8) is 0 Å². The molecule has 0 saturated carbocycles. The van der Waals surface area contributed by atoms with E-state index in [0.717, 1.165) is 44.6 Å². The van der Waals surface area contributed by atoms with Crippen molar-refractivity contribution >= 4 is 54.4 Å². The summed E-state index contributed by atoms with van der Waals surface area (Å²) in [6.45, 7) is 20.3. The molecule has 3 aliphatic heterocycles. The van der Waals surface area contributed by atoms with Crippen LogP contribution in [0.3, 0.4) is 0 Å². The monoisotopic (exact) mass is 924 g/mol. The summed E-state index contributed by atoms with van der Waals surface area (Å²) < 4.78 is 33.1. The van der Waals surface area contributed by atoms with Crippen LogP contribution in [0, 0.1) is 32.6 Å². The summed E-state index contributed by atoms with van der Waals surface area (Å²) in [5, 5.41) is 1.94. The van der Waals surface area contributed by atoms with Gasteiger partial charge in [-0.2, -0.15) is 12.1 Å². The largest absolute Gasteiger partial charge is 0.319 e. The van der Waals surface area contributed by atoms with Crippen LogP contribution in [0.5, 0.6) is 0 Å². The van der Waals surface area contributed by atoms with Crippen molar-refractivity contribution in [3.05, 3.63) is 150 Å². The molecule has 0 spiro atoms. The summed E-state index contributed by atoms with van der Waals surface area (Å²) in [4.78, 5) is 5.05. The number of pyridine rings is 1. The molecule has 0 amide bonds. The van der Waals surface area contributed by atoms with Gasteiger partial charge in [-0.1, -0.05) is 83.5 Å². The molecule has 2 atom stereocenters. The van der Waals surface area contributed by atoms with E-state index in [1.54, 1.807) is 6.07 Å². The minimum absolute atomic E-state index is 0. The van der Waals surface area contributed by atoms with Crippen molar-refractivity contribution in [2.24, 2.45) is 0 Å². The summed E-state index contributed by atoms with van der Waals surface area (Å²) >= 11 is 0. The van der Waals surface area contributed by atoms with Crippen LogP contribution in [0.2, 0.25) is 0 Å². The van der Waals surface area contributed by atoms with Gasteiger partial charge in [-0.05, 0) is 86.9 Å². The standard InChI is InChI=1S/C47H45N4O2S.Pt/c1-31-22-43-44(23-32(31)2)51(29-50(43,30-51)35-14-10-9-11-15-35)36-24-34(47(6,7)8)25-38(27-36)54(52,53)37-18-19-40-39-16-12-13-17-41(39)49(42(40)28-37)45-26-33(20-21-48-45)46(3,4)5;/h9-26,29H,30H2,1-8H3;/q-1;/t50-,51+;/m0./s1. The molecular formula is C47H45N4O2PtS-. The van der Waals surface area contributed by atoms with E-state index in [-0.39, 0.29) is 41.7 Å². The quantitative estimate of drug-likeness (QED) is 0.128. The van der Waals surface area contributed by atoms with Crippen molar-refractivity contribution < 1.29 is 29.5 Å². The number of aromatic nitrogens is 2. The molecule has 6 nitrogen and oxygen atoms in total. The van der Waals surface area contributed by atoms with Crippen LogP contribution >= 0.6 is 0 Å². The number of hydrogen-bond acceptors (Lipinski definition) is 3. The van der Waals surface area contributed by atoms with Gasteiger partial charge in [0, 0.05) is 50.6 Å². The van der Waals surface area contributed by atoms with Gasteiger partial charge in [-0.3, -0.25) is 4.48 Å². The van der Waals surface area contributed by atoms with E-state index in [0.29, 0.717) is 21.2 Å². The molecule has 5 heterocycles. The predicted molar refractivity (Wildman–Crippen MR) is 220 cm³/mol. The zero-order chi connectivity index (χ0) is 38.0. The summed E-state index contributed by atoms with van der Waals surface area (Å²) in [7, 11) is -4.08. The molecule has 0 N–H and O–H groups in total. The Morgan fingerprint density at radius 3 is 2.00 bits per heavy atom. The Hall–Kier alpha value is -4.39. The Morgan fingerprint density at radius 1 is 0.691 bits per heavy atom. The van der Waals surface area contributed by atoms with Gasteiger partial charge in [0.25, 0.3) is 0 Å². The second-order valence-electron chi connectivity index (χ2n) is 17.2. The molecule has 3 aliphatic rings. The Bertz CT molecular complexity index is 2790. The molecule has 1 saturated heterocycles. The molecule has 10 rings (SSSR count). The van der Waals surface area contributed by atoms with E-state index in [2.05, 4.69) is 135 Å². The average molecular weight is 925 g/mol. The molecule has 0 aliphatic carbocycles. The first kappa shape index (κ1) is 37.5. The number of quaternary nitrogens is 2. The van der Waals surface area contributed by atoms with E-state index in [4.69, 9.17) is 4.98 Å². The fourth-order valence-corrected chi connectivity index (χ4v) is 9.57. The van der Waals surface area contributed by atoms with Gasteiger partial charge in [-0.25, -0.2) is 13.4 Å². The van der Waals surface area contributed by atoms with Crippen LogP contribution in [-0.4, -0.2) is 24.6 Å². The first-order chi connectivity index (χ1) is 25.5. The fraction of sp³-hybridized carbons (Fsp3) is 0.234. The topological polar surface area (TPSA) is 52.0 Å². The summed E-state index contributed by atoms with van der Waals surface area (Å²) in [6.07, 6.45) is 1.83. The maximum atomic E-state index is 15.0. The Kier molecular flexibility index (Phi) is 8.57. The van der Waals surface area contributed by atoms with Crippen molar-refractivity contribution in [1.29, 1.82) is 0 Å². The molecule has 0 radical (unpaired) electrons. The molecular weight excluding hydrogens is 880 g/mol. The Balaban J connectivity index is 0.00000427. The number of para-hydroxylation sites is 2. The third kappa shape index (κ3) is 5.61. The second kappa shape index (κ2) is 12.6. The van der Waals surface area contributed by atoms with Crippen LogP contribution < -0.4 is 8.97 Å². The van der Waals surface area contributed by atoms with Crippen LogP contribution in [0.1, 0.15) is 63.8 Å².